The van der Waals surface area contributed by atoms with E-state index >= 15 is 0 Å². The minimum atomic E-state index is -0.345. The number of hydrogen-bond acceptors (Lipinski definition) is 4. The molecule has 1 aromatic heterocycles. The first-order chi connectivity index (χ1) is 10.6. The smallest absolute Gasteiger partial charge is 0.257 e. The number of furan rings is 1. The monoisotopic (exact) mass is 338 g/mol. The molecule has 0 aliphatic carbocycles. The van der Waals surface area contributed by atoms with E-state index in [2.05, 4.69) is 10.6 Å². The molecule has 1 heterocycles. The van der Waals surface area contributed by atoms with E-state index in [1.54, 1.807) is 24.5 Å². The summed E-state index contributed by atoms with van der Waals surface area (Å²) in [6, 6.07) is 8.41. The lowest BCUT2D eigenvalue weighted by molar-refractivity contribution is 0.0976. The predicted octanol–water partition coefficient (Wildman–Crippen LogP) is 3.14. The van der Waals surface area contributed by atoms with Crippen LogP contribution >= 0.6 is 23.8 Å². The molecular formula is C15H15ClN2O3S. The Kier molecular flexibility index (Phi) is 5.80. The molecule has 1 aromatic carbocycles. The van der Waals surface area contributed by atoms with Crippen LogP contribution in [-0.4, -0.2) is 17.6 Å². The van der Waals surface area contributed by atoms with Gasteiger partial charge in [0.05, 0.1) is 24.4 Å². The number of carbonyl (C=O) groups excluding carboxylic acids is 1. The van der Waals surface area contributed by atoms with Crippen molar-refractivity contribution in [3.8, 4) is 5.75 Å². The Morgan fingerprint density at radius 3 is 2.86 bits per heavy atom. The fraction of sp³-hybridized carbons (Fsp3) is 0.200. The van der Waals surface area contributed by atoms with E-state index in [9.17, 15) is 4.79 Å². The van der Waals surface area contributed by atoms with Crippen LogP contribution in [0.3, 0.4) is 0 Å². The van der Waals surface area contributed by atoms with Crippen molar-refractivity contribution < 1.29 is 13.9 Å². The van der Waals surface area contributed by atoms with Gasteiger partial charge in [-0.3, -0.25) is 10.1 Å². The first-order valence-electron chi connectivity index (χ1n) is 6.64. The zero-order valence-corrected chi connectivity index (χ0v) is 13.5. The van der Waals surface area contributed by atoms with Gasteiger partial charge in [0.15, 0.2) is 5.11 Å². The van der Waals surface area contributed by atoms with Gasteiger partial charge in [-0.2, -0.15) is 0 Å². The van der Waals surface area contributed by atoms with E-state index in [-0.39, 0.29) is 11.0 Å². The fourth-order valence-corrected chi connectivity index (χ4v) is 2.11. The second-order valence-electron chi connectivity index (χ2n) is 4.29. The molecule has 0 saturated heterocycles. The Morgan fingerprint density at radius 2 is 2.23 bits per heavy atom. The summed E-state index contributed by atoms with van der Waals surface area (Å²) in [5.41, 5.74) is 0.399. The normalized spacial score (nSPS) is 10.1. The third-order valence-electron chi connectivity index (χ3n) is 2.72. The van der Waals surface area contributed by atoms with Crippen LogP contribution in [0.1, 0.15) is 23.0 Å². The number of hydrogen-bond donors (Lipinski definition) is 2. The Morgan fingerprint density at radius 1 is 1.41 bits per heavy atom. The number of rotatable bonds is 5. The van der Waals surface area contributed by atoms with E-state index < -0.39 is 0 Å². The molecule has 0 unspecified atom stereocenters. The second kappa shape index (κ2) is 7.82. The minimum Gasteiger partial charge on any atom is -0.492 e. The molecule has 0 saturated carbocycles. The lowest BCUT2D eigenvalue weighted by Crippen LogP contribution is -2.38. The predicted molar refractivity (Wildman–Crippen MR) is 88.2 cm³/mol. The van der Waals surface area contributed by atoms with Crippen LogP contribution in [0.2, 0.25) is 5.02 Å². The molecular weight excluding hydrogens is 324 g/mol. The summed E-state index contributed by atoms with van der Waals surface area (Å²) in [5, 5.41) is 6.05. The van der Waals surface area contributed by atoms with Crippen molar-refractivity contribution in [1.82, 2.24) is 10.6 Å². The van der Waals surface area contributed by atoms with Crippen LogP contribution in [-0.2, 0) is 6.54 Å². The molecule has 2 rings (SSSR count). The summed E-state index contributed by atoms with van der Waals surface area (Å²) in [4.78, 5) is 12.1. The van der Waals surface area contributed by atoms with Crippen LogP contribution in [0.5, 0.6) is 5.75 Å². The third-order valence-corrected chi connectivity index (χ3v) is 3.27. The van der Waals surface area contributed by atoms with Crippen molar-refractivity contribution in [3.05, 3.63) is 52.9 Å². The van der Waals surface area contributed by atoms with E-state index in [0.29, 0.717) is 29.5 Å². The van der Waals surface area contributed by atoms with E-state index in [1.165, 1.54) is 6.07 Å². The zero-order chi connectivity index (χ0) is 15.9. The average Bonchev–Trinajstić information content (AvgIpc) is 3.00. The van der Waals surface area contributed by atoms with Gasteiger partial charge >= 0.3 is 0 Å². The number of benzene rings is 1. The van der Waals surface area contributed by atoms with Gasteiger partial charge < -0.3 is 14.5 Å². The Balaban J connectivity index is 1.91. The summed E-state index contributed by atoms with van der Waals surface area (Å²) in [7, 11) is 0. The van der Waals surface area contributed by atoms with Gasteiger partial charge in [0.25, 0.3) is 5.91 Å². The molecule has 5 nitrogen and oxygen atoms in total. The van der Waals surface area contributed by atoms with E-state index in [1.807, 2.05) is 13.0 Å². The number of nitrogens with one attached hydrogen (secondary N) is 2. The minimum absolute atomic E-state index is 0.214. The average molecular weight is 339 g/mol. The molecule has 0 radical (unpaired) electrons. The summed E-state index contributed by atoms with van der Waals surface area (Å²) in [5.74, 6) is 0.918. The molecule has 0 atom stereocenters. The number of carbonyl (C=O) groups is 1. The fourth-order valence-electron chi connectivity index (χ4n) is 1.71. The highest BCUT2D eigenvalue weighted by Gasteiger charge is 2.11. The summed E-state index contributed by atoms with van der Waals surface area (Å²) < 4.78 is 10.5. The summed E-state index contributed by atoms with van der Waals surface area (Å²) in [6.07, 6.45) is 1.57. The molecule has 0 spiro atoms. The van der Waals surface area contributed by atoms with Crippen LogP contribution in [0.15, 0.2) is 41.0 Å². The maximum atomic E-state index is 12.1. The number of ether oxygens (including phenoxy) is 1. The lowest BCUT2D eigenvalue weighted by atomic mass is 10.2. The Labute approximate surface area is 138 Å². The highest BCUT2D eigenvalue weighted by Crippen LogP contribution is 2.25. The second-order valence-corrected chi connectivity index (χ2v) is 5.11. The molecule has 0 fully saturated rings. The van der Waals surface area contributed by atoms with Crippen molar-refractivity contribution in [2.45, 2.75) is 13.5 Å². The molecule has 0 aliphatic rings. The molecule has 116 valence electrons. The van der Waals surface area contributed by atoms with Gasteiger partial charge in [-0.1, -0.05) is 11.6 Å². The third kappa shape index (κ3) is 4.47. The largest absolute Gasteiger partial charge is 0.492 e. The number of halogens is 1. The number of thiocarbonyl (C=S) groups is 1. The summed E-state index contributed by atoms with van der Waals surface area (Å²) >= 11 is 11.1. The molecule has 0 aliphatic heterocycles. The topological polar surface area (TPSA) is 63.5 Å². The maximum Gasteiger partial charge on any atom is 0.257 e. The molecule has 2 N–H and O–H groups in total. The standard InChI is InChI=1S/C15H15ClN2O3S/c1-2-20-13-6-5-10(8-12(13)16)14(19)18-15(22)17-9-11-4-3-7-21-11/h3-8H,2,9H2,1H3,(H2,17,18,19,22). The van der Waals surface area contributed by atoms with Gasteiger partial charge in [0.2, 0.25) is 0 Å². The first kappa shape index (κ1) is 16.3. The molecule has 2 aromatic rings. The molecule has 0 bridgehead atoms. The van der Waals surface area contributed by atoms with Crippen LogP contribution in [0, 0.1) is 0 Å². The van der Waals surface area contributed by atoms with Crippen LogP contribution in [0.25, 0.3) is 0 Å². The Hall–Kier alpha value is -2.05. The highest BCUT2D eigenvalue weighted by molar-refractivity contribution is 7.80. The van der Waals surface area contributed by atoms with Gasteiger partial charge in [-0.05, 0) is 49.5 Å². The quantitative estimate of drug-likeness (QED) is 0.820. The Bertz CT molecular complexity index is 659. The summed E-state index contributed by atoms with van der Waals surface area (Å²) in [6.45, 7) is 2.77. The van der Waals surface area contributed by atoms with Gasteiger partial charge in [0, 0.05) is 5.56 Å². The highest BCUT2D eigenvalue weighted by atomic mass is 35.5. The van der Waals surface area contributed by atoms with Gasteiger partial charge in [0.1, 0.15) is 11.5 Å². The molecule has 1 amide bonds. The lowest BCUT2D eigenvalue weighted by Gasteiger charge is -2.10. The number of amides is 1. The van der Waals surface area contributed by atoms with Gasteiger partial charge in [-0.25, -0.2) is 0 Å². The van der Waals surface area contributed by atoms with E-state index in [0.717, 1.165) is 5.76 Å². The maximum absolute atomic E-state index is 12.1. The van der Waals surface area contributed by atoms with Crippen molar-refractivity contribution >= 4 is 34.8 Å². The molecule has 7 heteroatoms. The van der Waals surface area contributed by atoms with Crippen molar-refractivity contribution in [3.63, 3.8) is 0 Å². The van der Waals surface area contributed by atoms with Crippen molar-refractivity contribution in [2.24, 2.45) is 0 Å². The van der Waals surface area contributed by atoms with Gasteiger partial charge in [-0.15, -0.1) is 0 Å². The zero-order valence-electron chi connectivity index (χ0n) is 11.9. The SMILES string of the molecule is CCOc1ccc(C(=O)NC(=S)NCc2ccco2)cc1Cl. The first-order valence-corrected chi connectivity index (χ1v) is 7.42. The van der Waals surface area contributed by atoms with Crippen molar-refractivity contribution in [2.75, 3.05) is 6.61 Å². The van der Waals surface area contributed by atoms with Crippen LogP contribution < -0.4 is 15.4 Å². The van der Waals surface area contributed by atoms with Crippen LogP contribution in [0.4, 0.5) is 0 Å². The van der Waals surface area contributed by atoms with E-state index in [4.69, 9.17) is 33.0 Å². The molecule has 22 heavy (non-hydrogen) atoms. The van der Waals surface area contributed by atoms with Crippen molar-refractivity contribution in [1.29, 1.82) is 0 Å².